The van der Waals surface area contributed by atoms with Crippen molar-refractivity contribution in [3.63, 3.8) is 0 Å². The predicted molar refractivity (Wildman–Crippen MR) is 127 cm³/mol. The lowest BCUT2D eigenvalue weighted by molar-refractivity contribution is -0.131. The smallest absolute Gasteiger partial charge is 0.328 e. The molecule has 8 nitrogen and oxygen atoms in total. The molecule has 1 saturated heterocycles. The van der Waals surface area contributed by atoms with Crippen LogP contribution in [0.5, 0.6) is 0 Å². The van der Waals surface area contributed by atoms with Crippen molar-refractivity contribution in [2.45, 2.75) is 32.6 Å². The summed E-state index contributed by atoms with van der Waals surface area (Å²) >= 11 is 1.68. The topological polar surface area (TPSA) is 99.8 Å². The van der Waals surface area contributed by atoms with Gasteiger partial charge in [-0.25, -0.2) is 14.8 Å². The molecule has 0 spiro atoms. The summed E-state index contributed by atoms with van der Waals surface area (Å²) in [4.78, 5) is 35.8. The monoisotopic (exact) mass is 453 g/mol. The number of aryl methyl sites for hydroxylation is 2. The molecule has 9 heteroatoms. The maximum atomic E-state index is 13.2. The highest BCUT2D eigenvalue weighted by Crippen LogP contribution is 2.21. The number of carboxylic acid groups (broad SMARTS) is 1. The number of anilines is 1. The fourth-order valence-electron chi connectivity index (χ4n) is 3.71. The van der Waals surface area contributed by atoms with Crippen LogP contribution in [0, 0.1) is 0 Å². The van der Waals surface area contributed by atoms with Crippen LogP contribution in [-0.2, 0) is 17.6 Å². The molecule has 0 aromatic carbocycles. The highest BCUT2D eigenvalue weighted by Gasteiger charge is 2.19. The second kappa shape index (κ2) is 9.62. The minimum atomic E-state index is -1.10. The summed E-state index contributed by atoms with van der Waals surface area (Å²) in [5.74, 6) is -0.143. The lowest BCUT2D eigenvalue weighted by Gasteiger charge is -2.29. The van der Waals surface area contributed by atoms with Gasteiger partial charge in [0.15, 0.2) is 0 Å². The first-order chi connectivity index (χ1) is 15.4. The number of rotatable bonds is 7. The van der Waals surface area contributed by atoms with Crippen LogP contribution in [0.25, 0.3) is 11.7 Å². The Labute approximate surface area is 190 Å². The Morgan fingerprint density at radius 3 is 2.75 bits per heavy atom. The first-order valence-electron chi connectivity index (χ1n) is 10.8. The maximum Gasteiger partial charge on any atom is 0.328 e. The third kappa shape index (κ3) is 4.89. The third-order valence-electron chi connectivity index (χ3n) is 5.51. The Hall–Kier alpha value is -3.04. The van der Waals surface area contributed by atoms with Crippen LogP contribution in [0.2, 0.25) is 0 Å². The molecule has 2 N–H and O–H groups in total. The molecule has 1 aliphatic heterocycles. The van der Waals surface area contributed by atoms with E-state index in [2.05, 4.69) is 24.5 Å². The van der Waals surface area contributed by atoms with E-state index in [1.807, 2.05) is 17.0 Å². The Balaban J connectivity index is 1.67. The lowest BCUT2D eigenvalue weighted by atomic mass is 10.1. The molecular formula is C23H27N5O3S. The van der Waals surface area contributed by atoms with Crippen molar-refractivity contribution in [1.82, 2.24) is 19.7 Å². The maximum absolute atomic E-state index is 13.2. The number of fused-ring (bicyclic) bond motifs is 1. The van der Waals surface area contributed by atoms with Crippen LogP contribution < -0.4 is 15.8 Å². The van der Waals surface area contributed by atoms with Gasteiger partial charge >= 0.3 is 5.97 Å². The van der Waals surface area contributed by atoms with Gasteiger partial charge in [0.25, 0.3) is 5.56 Å². The van der Waals surface area contributed by atoms with E-state index in [1.54, 1.807) is 17.5 Å². The normalized spacial score (nSPS) is 14.7. The van der Waals surface area contributed by atoms with Crippen LogP contribution in [0.3, 0.4) is 0 Å². The van der Waals surface area contributed by atoms with Crippen molar-refractivity contribution in [3.8, 4) is 0 Å². The third-order valence-corrected chi connectivity index (χ3v) is 6.43. The molecule has 0 radical (unpaired) electrons. The Morgan fingerprint density at radius 2 is 2.06 bits per heavy atom. The van der Waals surface area contributed by atoms with Crippen LogP contribution in [0.15, 0.2) is 34.6 Å². The summed E-state index contributed by atoms with van der Waals surface area (Å²) in [5.41, 5.74) is 2.80. The molecule has 4 heterocycles. The van der Waals surface area contributed by atoms with E-state index in [9.17, 15) is 9.59 Å². The Kier molecular flexibility index (Phi) is 6.66. The van der Waals surface area contributed by atoms with Crippen LogP contribution in [-0.4, -0.2) is 51.6 Å². The number of hydrogen-bond donors (Lipinski definition) is 2. The summed E-state index contributed by atoms with van der Waals surface area (Å²) in [7, 11) is 0. The van der Waals surface area contributed by atoms with Gasteiger partial charge in [-0.3, -0.25) is 9.20 Å². The van der Waals surface area contributed by atoms with Gasteiger partial charge in [-0.2, -0.15) is 0 Å². The zero-order valence-corrected chi connectivity index (χ0v) is 19.1. The SMILES string of the molecule is CC(C)c1csc(CCc2ccn3c(=O)c(C=CC(=O)O)c(N4CCNCC4)nc3c2)n1. The number of thiazole rings is 1. The second-order valence-electron chi connectivity index (χ2n) is 8.15. The van der Waals surface area contributed by atoms with E-state index < -0.39 is 5.97 Å². The predicted octanol–water partition coefficient (Wildman–Crippen LogP) is 2.57. The minimum Gasteiger partial charge on any atom is -0.478 e. The second-order valence-corrected chi connectivity index (χ2v) is 9.09. The summed E-state index contributed by atoms with van der Waals surface area (Å²) in [5, 5.41) is 15.6. The average Bonchev–Trinajstić information content (AvgIpc) is 3.27. The van der Waals surface area contributed by atoms with Crippen LogP contribution in [0.4, 0.5) is 5.82 Å². The van der Waals surface area contributed by atoms with Gasteiger partial charge in [0.2, 0.25) is 0 Å². The van der Waals surface area contributed by atoms with E-state index in [4.69, 9.17) is 15.1 Å². The fraction of sp³-hybridized carbons (Fsp3) is 0.391. The number of nitrogens with one attached hydrogen (secondary N) is 1. The summed E-state index contributed by atoms with van der Waals surface area (Å²) in [6.07, 6.45) is 5.71. The summed E-state index contributed by atoms with van der Waals surface area (Å²) in [6, 6.07) is 3.86. The van der Waals surface area contributed by atoms with Gasteiger partial charge < -0.3 is 15.3 Å². The van der Waals surface area contributed by atoms with Crippen molar-refractivity contribution in [2.75, 3.05) is 31.1 Å². The molecule has 3 aromatic rings. The average molecular weight is 454 g/mol. The zero-order chi connectivity index (χ0) is 22.7. The van der Waals surface area contributed by atoms with Crippen molar-refractivity contribution in [2.24, 2.45) is 0 Å². The molecular weight excluding hydrogens is 426 g/mol. The van der Waals surface area contributed by atoms with E-state index in [0.29, 0.717) is 36.0 Å². The van der Waals surface area contributed by atoms with Gasteiger partial charge in [0.05, 0.1) is 16.3 Å². The van der Waals surface area contributed by atoms with Gasteiger partial charge in [-0.15, -0.1) is 11.3 Å². The molecule has 0 unspecified atom stereocenters. The first-order valence-corrected chi connectivity index (χ1v) is 11.7. The molecule has 168 valence electrons. The minimum absolute atomic E-state index is 0.269. The number of piperazine rings is 1. The Morgan fingerprint density at radius 1 is 1.28 bits per heavy atom. The highest BCUT2D eigenvalue weighted by molar-refractivity contribution is 7.09. The van der Waals surface area contributed by atoms with Gasteiger partial charge in [0, 0.05) is 50.3 Å². The van der Waals surface area contributed by atoms with E-state index in [1.165, 1.54) is 10.5 Å². The molecule has 3 aromatic heterocycles. The van der Waals surface area contributed by atoms with Crippen LogP contribution in [0.1, 0.15) is 41.6 Å². The van der Waals surface area contributed by atoms with Crippen molar-refractivity contribution < 1.29 is 9.90 Å². The molecule has 32 heavy (non-hydrogen) atoms. The number of aliphatic carboxylic acids is 1. The summed E-state index contributed by atoms with van der Waals surface area (Å²) < 4.78 is 1.48. The molecule has 4 rings (SSSR count). The van der Waals surface area contributed by atoms with Gasteiger partial charge in [-0.05, 0) is 36.1 Å². The molecule has 1 aliphatic rings. The van der Waals surface area contributed by atoms with Crippen molar-refractivity contribution in [3.05, 3.63) is 62.0 Å². The highest BCUT2D eigenvalue weighted by atomic mass is 32.1. The molecule has 1 fully saturated rings. The summed E-state index contributed by atoms with van der Waals surface area (Å²) in [6.45, 7) is 7.27. The number of carbonyl (C=O) groups is 1. The number of aromatic nitrogens is 3. The standard InChI is InChI=1S/C23H27N5O3S/c1-15(2)18-14-32-20(25-18)5-3-16-7-10-28-19(13-16)26-22(27-11-8-24-9-12-27)17(23(28)31)4-6-21(29)30/h4,6-7,10,13-15,24H,3,5,8-9,11-12H2,1-2H3,(H,29,30). The van der Waals surface area contributed by atoms with E-state index in [0.717, 1.165) is 48.3 Å². The lowest BCUT2D eigenvalue weighted by Crippen LogP contribution is -2.45. The van der Waals surface area contributed by atoms with Gasteiger partial charge in [-0.1, -0.05) is 13.8 Å². The number of pyridine rings is 1. The Bertz CT molecular complexity index is 1210. The van der Waals surface area contributed by atoms with Crippen molar-refractivity contribution in [1.29, 1.82) is 0 Å². The molecule has 0 bridgehead atoms. The quantitative estimate of drug-likeness (QED) is 0.531. The first kappa shape index (κ1) is 22.2. The number of carboxylic acids is 1. The largest absolute Gasteiger partial charge is 0.478 e. The van der Waals surface area contributed by atoms with Gasteiger partial charge in [0.1, 0.15) is 11.5 Å². The number of hydrogen-bond acceptors (Lipinski definition) is 7. The van der Waals surface area contributed by atoms with E-state index in [-0.39, 0.29) is 5.56 Å². The fourth-order valence-corrected chi connectivity index (χ4v) is 4.67. The molecule has 0 atom stereocenters. The van der Waals surface area contributed by atoms with Crippen molar-refractivity contribution >= 4 is 34.8 Å². The molecule has 0 amide bonds. The zero-order valence-electron chi connectivity index (χ0n) is 18.2. The van der Waals surface area contributed by atoms with Crippen LogP contribution >= 0.6 is 11.3 Å². The molecule has 0 aliphatic carbocycles. The van der Waals surface area contributed by atoms with E-state index >= 15 is 0 Å². The number of nitrogens with zero attached hydrogens (tertiary/aromatic N) is 4. The molecule has 0 saturated carbocycles.